The topological polar surface area (TPSA) is 31.3 Å². The lowest BCUT2D eigenvalue weighted by molar-refractivity contribution is 0.0548. The van der Waals surface area contributed by atoms with E-state index in [2.05, 4.69) is 33.2 Å². The summed E-state index contributed by atoms with van der Waals surface area (Å²) in [5, 5.41) is 9.26. The highest BCUT2D eigenvalue weighted by Crippen LogP contribution is 2.36. The lowest BCUT2D eigenvalue weighted by atomic mass is 10.1. The molecule has 8 heteroatoms. The summed E-state index contributed by atoms with van der Waals surface area (Å²) in [6.45, 7) is 7.90. The highest BCUT2D eigenvalue weighted by molar-refractivity contribution is 6.35. The molecule has 0 radical (unpaired) electrons. The standard InChI is InChI=1S/C28H31Cl3N4O/c29-25-8-7-21(27(31)18-25)17-22-5-6-23(28(22)34-13-15-36-16-14-34)19-32-35-11-9-33(10-12-35)20-24-3-1-2-4-26(24)30/h1-4,7-8,17-19H,5-6,9-16,20H2/b22-17+,32-19-. The average molecular weight is 546 g/mol. The number of allylic oxidation sites excluding steroid dienone is 2. The monoisotopic (exact) mass is 544 g/mol. The largest absolute Gasteiger partial charge is 0.378 e. The van der Waals surface area contributed by atoms with Gasteiger partial charge in [-0.15, -0.1) is 0 Å². The van der Waals surface area contributed by atoms with Crippen molar-refractivity contribution in [3.05, 3.63) is 85.5 Å². The molecule has 0 amide bonds. The van der Waals surface area contributed by atoms with Gasteiger partial charge < -0.3 is 9.64 Å². The summed E-state index contributed by atoms with van der Waals surface area (Å²) in [6.07, 6.45) is 6.23. The van der Waals surface area contributed by atoms with E-state index in [1.165, 1.54) is 22.4 Å². The van der Waals surface area contributed by atoms with Crippen LogP contribution in [0.3, 0.4) is 0 Å². The van der Waals surface area contributed by atoms with Crippen molar-refractivity contribution in [3.63, 3.8) is 0 Å². The average Bonchev–Trinajstić information content (AvgIpc) is 3.29. The van der Waals surface area contributed by atoms with Crippen molar-refractivity contribution in [1.82, 2.24) is 14.8 Å². The summed E-state index contributed by atoms with van der Waals surface area (Å²) < 4.78 is 5.62. The molecule has 0 bridgehead atoms. The maximum absolute atomic E-state index is 6.49. The fourth-order valence-corrected chi connectivity index (χ4v) is 5.67. The van der Waals surface area contributed by atoms with Crippen molar-refractivity contribution in [1.29, 1.82) is 0 Å². The minimum Gasteiger partial charge on any atom is -0.378 e. The van der Waals surface area contributed by atoms with E-state index in [4.69, 9.17) is 44.6 Å². The van der Waals surface area contributed by atoms with Crippen LogP contribution in [-0.2, 0) is 11.3 Å². The van der Waals surface area contributed by atoms with Crippen molar-refractivity contribution in [3.8, 4) is 0 Å². The summed E-state index contributed by atoms with van der Waals surface area (Å²) in [4.78, 5) is 4.88. The van der Waals surface area contributed by atoms with E-state index in [1.54, 1.807) is 6.07 Å². The maximum Gasteiger partial charge on any atom is 0.0642 e. The summed E-state index contributed by atoms with van der Waals surface area (Å²) in [5.41, 5.74) is 6.04. The Morgan fingerprint density at radius 2 is 1.64 bits per heavy atom. The summed E-state index contributed by atoms with van der Waals surface area (Å²) >= 11 is 19.0. The van der Waals surface area contributed by atoms with E-state index in [-0.39, 0.29) is 0 Å². The van der Waals surface area contributed by atoms with Gasteiger partial charge in [0.1, 0.15) is 0 Å². The van der Waals surface area contributed by atoms with Gasteiger partial charge >= 0.3 is 0 Å². The van der Waals surface area contributed by atoms with Crippen molar-refractivity contribution >= 4 is 47.1 Å². The molecular formula is C28H31Cl3N4O. The molecule has 0 atom stereocenters. The number of hydrogen-bond acceptors (Lipinski definition) is 5. The predicted octanol–water partition coefficient (Wildman–Crippen LogP) is 6.21. The van der Waals surface area contributed by atoms with Gasteiger partial charge in [-0.3, -0.25) is 9.91 Å². The van der Waals surface area contributed by atoms with Crippen LogP contribution in [0.1, 0.15) is 24.0 Å². The molecule has 2 fully saturated rings. The Hall–Kier alpha value is -2.02. The molecule has 5 nitrogen and oxygen atoms in total. The molecule has 0 N–H and O–H groups in total. The number of rotatable bonds is 6. The Balaban J connectivity index is 1.29. The number of halogens is 3. The molecule has 0 saturated carbocycles. The van der Waals surface area contributed by atoms with Gasteiger partial charge in [0, 0.05) is 66.6 Å². The van der Waals surface area contributed by atoms with Crippen molar-refractivity contribution in [2.24, 2.45) is 5.10 Å². The van der Waals surface area contributed by atoms with Crippen LogP contribution in [0.25, 0.3) is 6.08 Å². The first kappa shape index (κ1) is 25.6. The van der Waals surface area contributed by atoms with Crippen molar-refractivity contribution < 1.29 is 4.74 Å². The van der Waals surface area contributed by atoms with E-state index in [9.17, 15) is 0 Å². The zero-order chi connectivity index (χ0) is 24.9. The molecular weight excluding hydrogens is 515 g/mol. The molecule has 36 heavy (non-hydrogen) atoms. The Morgan fingerprint density at radius 3 is 2.39 bits per heavy atom. The highest BCUT2D eigenvalue weighted by Gasteiger charge is 2.26. The van der Waals surface area contributed by atoms with Crippen LogP contribution in [0.5, 0.6) is 0 Å². The third-order valence-corrected chi connectivity index (χ3v) is 7.90. The van der Waals surface area contributed by atoms with Gasteiger partial charge in [-0.1, -0.05) is 59.1 Å². The second-order valence-corrected chi connectivity index (χ2v) is 10.6. The lowest BCUT2D eigenvalue weighted by Gasteiger charge is -2.33. The van der Waals surface area contributed by atoms with Crippen LogP contribution < -0.4 is 0 Å². The van der Waals surface area contributed by atoms with E-state index >= 15 is 0 Å². The number of hydrazone groups is 1. The van der Waals surface area contributed by atoms with E-state index in [0.29, 0.717) is 10.0 Å². The number of hydrogen-bond donors (Lipinski definition) is 0. The number of piperazine rings is 1. The highest BCUT2D eigenvalue weighted by atomic mass is 35.5. The fraction of sp³-hybridized carbons (Fsp3) is 0.393. The molecule has 2 saturated heterocycles. The summed E-state index contributed by atoms with van der Waals surface area (Å²) in [5.74, 6) is 0. The molecule has 190 valence electrons. The zero-order valence-electron chi connectivity index (χ0n) is 20.3. The molecule has 0 aromatic heterocycles. The molecule has 2 heterocycles. The predicted molar refractivity (Wildman–Crippen MR) is 150 cm³/mol. The van der Waals surface area contributed by atoms with E-state index in [0.717, 1.165) is 82.5 Å². The number of nitrogens with zero attached hydrogens (tertiary/aromatic N) is 4. The van der Waals surface area contributed by atoms with Crippen LogP contribution >= 0.6 is 34.8 Å². The van der Waals surface area contributed by atoms with Crippen LogP contribution in [0, 0.1) is 0 Å². The molecule has 5 rings (SSSR count). The molecule has 0 unspecified atom stereocenters. The molecule has 2 aromatic carbocycles. The zero-order valence-corrected chi connectivity index (χ0v) is 22.6. The third kappa shape index (κ3) is 6.27. The molecule has 3 aliphatic rings. The molecule has 2 aliphatic heterocycles. The SMILES string of the molecule is Clc1ccc(/C=C2\CCC(/C=N\N3CCN(Cc4ccccc4Cl)CC3)=C2N2CCOCC2)c(Cl)c1. The Bertz CT molecular complexity index is 1170. The van der Waals surface area contributed by atoms with Gasteiger partial charge in [-0.05, 0) is 59.4 Å². The summed E-state index contributed by atoms with van der Waals surface area (Å²) in [6, 6.07) is 13.8. The smallest absolute Gasteiger partial charge is 0.0642 e. The van der Waals surface area contributed by atoms with Gasteiger partial charge in [0.25, 0.3) is 0 Å². The number of morpholine rings is 1. The fourth-order valence-electron chi connectivity index (χ4n) is 5.01. The van der Waals surface area contributed by atoms with Gasteiger partial charge in [0.15, 0.2) is 0 Å². The van der Waals surface area contributed by atoms with Gasteiger partial charge in [-0.25, -0.2) is 0 Å². The van der Waals surface area contributed by atoms with Gasteiger partial charge in [0.05, 0.1) is 19.4 Å². The van der Waals surface area contributed by atoms with E-state index in [1.807, 2.05) is 30.3 Å². The van der Waals surface area contributed by atoms with Crippen molar-refractivity contribution in [2.45, 2.75) is 19.4 Å². The molecule has 2 aromatic rings. The Morgan fingerprint density at radius 1 is 0.861 bits per heavy atom. The Kier molecular flexibility index (Phi) is 8.55. The van der Waals surface area contributed by atoms with Gasteiger partial charge in [-0.2, -0.15) is 5.10 Å². The first-order valence-electron chi connectivity index (χ1n) is 12.5. The first-order chi connectivity index (χ1) is 17.6. The van der Waals surface area contributed by atoms with Crippen LogP contribution in [-0.4, -0.2) is 73.5 Å². The third-order valence-electron chi connectivity index (χ3n) is 6.97. The number of benzene rings is 2. The quantitative estimate of drug-likeness (QED) is 0.404. The molecule has 0 spiro atoms. The maximum atomic E-state index is 6.49. The Labute approximate surface area is 228 Å². The number of ether oxygens (including phenoxy) is 1. The van der Waals surface area contributed by atoms with Crippen LogP contribution in [0.15, 0.2) is 64.4 Å². The van der Waals surface area contributed by atoms with Crippen molar-refractivity contribution in [2.75, 3.05) is 52.5 Å². The second-order valence-electron chi connectivity index (χ2n) is 9.37. The van der Waals surface area contributed by atoms with Crippen LogP contribution in [0.4, 0.5) is 0 Å². The van der Waals surface area contributed by atoms with Crippen LogP contribution in [0.2, 0.25) is 15.1 Å². The molecule has 1 aliphatic carbocycles. The van der Waals surface area contributed by atoms with Gasteiger partial charge in [0.2, 0.25) is 0 Å². The first-order valence-corrected chi connectivity index (χ1v) is 13.7. The minimum absolute atomic E-state index is 0.650. The minimum atomic E-state index is 0.650. The van der Waals surface area contributed by atoms with E-state index < -0.39 is 0 Å². The lowest BCUT2D eigenvalue weighted by Crippen LogP contribution is -2.43. The normalized spacial score (nSPS) is 20.8. The second kappa shape index (κ2) is 12.0. The summed E-state index contributed by atoms with van der Waals surface area (Å²) in [7, 11) is 0.